The summed E-state index contributed by atoms with van der Waals surface area (Å²) in [5.41, 5.74) is 0. The molecule has 0 saturated carbocycles. The van der Waals surface area contributed by atoms with Gasteiger partial charge in [0.1, 0.15) is 0 Å². The Balaban J connectivity index is 2.43. The Morgan fingerprint density at radius 1 is 1.53 bits per heavy atom. The van der Waals surface area contributed by atoms with Gasteiger partial charge in [-0.1, -0.05) is 0 Å². The van der Waals surface area contributed by atoms with E-state index in [1.807, 2.05) is 16.8 Å². The molecule has 0 aromatic carbocycles. The fourth-order valence-electron chi connectivity index (χ4n) is 1.62. The van der Waals surface area contributed by atoms with Crippen molar-refractivity contribution in [2.24, 2.45) is 0 Å². The van der Waals surface area contributed by atoms with Gasteiger partial charge in [-0.25, -0.2) is 4.79 Å². The van der Waals surface area contributed by atoms with Crippen LogP contribution in [0.1, 0.15) is 6.92 Å². The van der Waals surface area contributed by atoms with Crippen LogP contribution in [0.25, 0.3) is 0 Å². The van der Waals surface area contributed by atoms with Gasteiger partial charge >= 0.3 is 6.03 Å². The second-order valence-corrected chi connectivity index (χ2v) is 4.85. The van der Waals surface area contributed by atoms with Crippen molar-refractivity contribution < 1.29 is 4.79 Å². The standard InChI is InChI=1S/C10H21N3OS/c1-9(8-15-3)12(2)10(14)13-6-4-11-5-7-13/h9,11H,4-8H2,1-3H3. The quantitative estimate of drug-likeness (QED) is 0.776. The largest absolute Gasteiger partial charge is 0.324 e. The topological polar surface area (TPSA) is 35.6 Å². The number of piperazine rings is 1. The normalized spacial score (nSPS) is 18.7. The molecule has 0 bridgehead atoms. The van der Waals surface area contributed by atoms with Gasteiger partial charge in [-0.05, 0) is 13.2 Å². The van der Waals surface area contributed by atoms with Gasteiger partial charge in [-0.15, -0.1) is 0 Å². The van der Waals surface area contributed by atoms with E-state index in [0.717, 1.165) is 31.9 Å². The third kappa shape index (κ3) is 3.57. The van der Waals surface area contributed by atoms with Gasteiger partial charge in [0.25, 0.3) is 0 Å². The molecule has 0 spiro atoms. The molecule has 1 N–H and O–H groups in total. The molecule has 1 aliphatic rings. The van der Waals surface area contributed by atoms with E-state index in [-0.39, 0.29) is 6.03 Å². The molecule has 1 atom stereocenters. The van der Waals surface area contributed by atoms with E-state index in [1.54, 1.807) is 11.8 Å². The van der Waals surface area contributed by atoms with Crippen LogP contribution in [0.5, 0.6) is 0 Å². The molecule has 1 fully saturated rings. The number of urea groups is 1. The Kier molecular flexibility index (Phi) is 5.25. The predicted molar refractivity (Wildman–Crippen MR) is 65.4 cm³/mol. The number of carbonyl (C=O) groups is 1. The van der Waals surface area contributed by atoms with E-state index in [9.17, 15) is 4.79 Å². The first-order valence-electron chi connectivity index (χ1n) is 5.38. The summed E-state index contributed by atoms with van der Waals surface area (Å²) in [7, 11) is 1.89. The van der Waals surface area contributed by atoms with Crippen molar-refractivity contribution in [2.45, 2.75) is 13.0 Å². The summed E-state index contributed by atoms with van der Waals surface area (Å²) in [6.07, 6.45) is 2.07. The fraction of sp³-hybridized carbons (Fsp3) is 0.900. The molecule has 0 aromatic rings. The molecule has 0 aromatic heterocycles. The second-order valence-electron chi connectivity index (χ2n) is 3.93. The van der Waals surface area contributed by atoms with Crippen LogP contribution in [0.3, 0.4) is 0 Å². The van der Waals surface area contributed by atoms with Gasteiger partial charge in [0, 0.05) is 45.0 Å². The third-order valence-electron chi connectivity index (χ3n) is 2.76. The van der Waals surface area contributed by atoms with E-state index >= 15 is 0 Å². The Bertz CT molecular complexity index is 207. The van der Waals surface area contributed by atoms with Crippen LogP contribution >= 0.6 is 11.8 Å². The van der Waals surface area contributed by atoms with Crippen LogP contribution in [0.4, 0.5) is 4.79 Å². The van der Waals surface area contributed by atoms with Crippen LogP contribution in [-0.2, 0) is 0 Å². The molecule has 0 aliphatic carbocycles. The minimum atomic E-state index is 0.165. The van der Waals surface area contributed by atoms with Crippen molar-refractivity contribution in [1.29, 1.82) is 0 Å². The first-order valence-corrected chi connectivity index (χ1v) is 6.77. The first-order chi connectivity index (χ1) is 7.16. The van der Waals surface area contributed by atoms with Crippen molar-refractivity contribution in [3.8, 4) is 0 Å². The average Bonchev–Trinajstić information content (AvgIpc) is 2.28. The second kappa shape index (κ2) is 6.23. The highest BCUT2D eigenvalue weighted by atomic mass is 32.2. The smallest absolute Gasteiger partial charge is 0.320 e. The molecule has 1 heterocycles. The summed E-state index contributed by atoms with van der Waals surface area (Å²) in [6.45, 7) is 5.58. The van der Waals surface area contributed by atoms with Crippen LogP contribution in [-0.4, -0.2) is 67.1 Å². The lowest BCUT2D eigenvalue weighted by molar-refractivity contribution is 0.147. The highest BCUT2D eigenvalue weighted by Gasteiger charge is 2.22. The molecule has 15 heavy (non-hydrogen) atoms. The number of nitrogens with one attached hydrogen (secondary N) is 1. The summed E-state index contributed by atoms with van der Waals surface area (Å²) in [5.74, 6) is 0.994. The average molecular weight is 231 g/mol. The lowest BCUT2D eigenvalue weighted by Crippen LogP contribution is -2.52. The van der Waals surface area contributed by atoms with E-state index in [4.69, 9.17) is 0 Å². The Morgan fingerprint density at radius 3 is 2.67 bits per heavy atom. The summed E-state index contributed by atoms with van der Waals surface area (Å²) < 4.78 is 0. The zero-order valence-corrected chi connectivity index (χ0v) is 10.6. The number of rotatable bonds is 3. The van der Waals surface area contributed by atoms with Gasteiger partial charge in [-0.2, -0.15) is 11.8 Å². The lowest BCUT2D eigenvalue weighted by atomic mass is 10.3. The van der Waals surface area contributed by atoms with Crippen LogP contribution in [0, 0.1) is 0 Å². The maximum Gasteiger partial charge on any atom is 0.320 e. The highest BCUT2D eigenvalue weighted by molar-refractivity contribution is 7.98. The van der Waals surface area contributed by atoms with Gasteiger partial charge in [0.05, 0.1) is 0 Å². The number of hydrogen-bond donors (Lipinski definition) is 1. The van der Waals surface area contributed by atoms with Crippen LogP contribution in [0.2, 0.25) is 0 Å². The van der Waals surface area contributed by atoms with Crippen molar-refractivity contribution in [3.05, 3.63) is 0 Å². The van der Waals surface area contributed by atoms with E-state index in [0.29, 0.717) is 6.04 Å². The number of nitrogens with zero attached hydrogens (tertiary/aromatic N) is 2. The molecule has 1 rings (SSSR count). The van der Waals surface area contributed by atoms with E-state index in [2.05, 4.69) is 18.5 Å². The van der Waals surface area contributed by atoms with Gasteiger partial charge in [0.15, 0.2) is 0 Å². The minimum Gasteiger partial charge on any atom is -0.324 e. The van der Waals surface area contributed by atoms with Crippen LogP contribution in [0.15, 0.2) is 0 Å². The molecule has 5 heteroatoms. The molecule has 2 amide bonds. The summed E-state index contributed by atoms with van der Waals surface area (Å²) >= 11 is 1.78. The Hall–Kier alpha value is -0.420. The first kappa shape index (κ1) is 12.6. The number of thioether (sulfide) groups is 1. The predicted octanol–water partition coefficient (Wildman–Crippen LogP) is 0.695. The minimum absolute atomic E-state index is 0.165. The molecular weight excluding hydrogens is 210 g/mol. The number of carbonyl (C=O) groups excluding carboxylic acids is 1. The molecule has 1 unspecified atom stereocenters. The zero-order chi connectivity index (χ0) is 11.3. The lowest BCUT2D eigenvalue weighted by Gasteiger charge is -2.34. The van der Waals surface area contributed by atoms with Crippen molar-refractivity contribution in [2.75, 3.05) is 45.2 Å². The van der Waals surface area contributed by atoms with Crippen molar-refractivity contribution in [1.82, 2.24) is 15.1 Å². The zero-order valence-electron chi connectivity index (χ0n) is 9.82. The monoisotopic (exact) mass is 231 g/mol. The Morgan fingerprint density at radius 2 is 2.13 bits per heavy atom. The number of amides is 2. The Labute approximate surface area is 96.4 Å². The summed E-state index contributed by atoms with van der Waals surface area (Å²) in [4.78, 5) is 15.8. The third-order valence-corrected chi connectivity index (χ3v) is 3.57. The van der Waals surface area contributed by atoms with E-state index in [1.165, 1.54) is 0 Å². The molecule has 4 nitrogen and oxygen atoms in total. The van der Waals surface area contributed by atoms with Gasteiger partial charge in [0.2, 0.25) is 0 Å². The highest BCUT2D eigenvalue weighted by Crippen LogP contribution is 2.07. The number of hydrogen-bond acceptors (Lipinski definition) is 3. The van der Waals surface area contributed by atoms with Crippen LogP contribution < -0.4 is 5.32 Å². The summed E-state index contributed by atoms with van der Waals surface area (Å²) in [5, 5.41) is 3.25. The fourth-order valence-corrected chi connectivity index (χ4v) is 2.33. The SMILES string of the molecule is CSCC(C)N(C)C(=O)N1CCNCC1. The molecule has 1 aliphatic heterocycles. The maximum atomic E-state index is 12.0. The van der Waals surface area contributed by atoms with E-state index < -0.39 is 0 Å². The molecule has 88 valence electrons. The maximum absolute atomic E-state index is 12.0. The van der Waals surface area contributed by atoms with Crippen molar-refractivity contribution in [3.63, 3.8) is 0 Å². The molecular formula is C10H21N3OS. The molecule has 1 saturated heterocycles. The van der Waals surface area contributed by atoms with Gasteiger partial charge < -0.3 is 15.1 Å². The summed E-state index contributed by atoms with van der Waals surface area (Å²) in [6, 6.07) is 0.473. The van der Waals surface area contributed by atoms with Crippen molar-refractivity contribution >= 4 is 17.8 Å². The molecule has 0 radical (unpaired) electrons. The van der Waals surface area contributed by atoms with Gasteiger partial charge in [-0.3, -0.25) is 0 Å².